The van der Waals surface area contributed by atoms with E-state index in [0.717, 1.165) is 11.8 Å². The van der Waals surface area contributed by atoms with Crippen LogP contribution < -0.4 is 10.7 Å². The van der Waals surface area contributed by atoms with Gasteiger partial charge in [0.05, 0.1) is 36.1 Å². The number of aromatic nitrogens is 1. The van der Waals surface area contributed by atoms with Gasteiger partial charge in [-0.2, -0.15) is 0 Å². The molecule has 0 aliphatic carbocycles. The minimum Gasteiger partial charge on any atom is -0.465 e. The van der Waals surface area contributed by atoms with Gasteiger partial charge in [0, 0.05) is 16.1 Å². The summed E-state index contributed by atoms with van der Waals surface area (Å²) in [6.07, 6.45) is 0. The molecule has 8 nitrogen and oxygen atoms in total. The zero-order chi connectivity index (χ0) is 22.5. The Morgan fingerprint density at radius 1 is 1.03 bits per heavy atom. The molecule has 10 heteroatoms. The Bertz CT molecular complexity index is 1220. The largest absolute Gasteiger partial charge is 0.465 e. The Morgan fingerprint density at radius 2 is 1.71 bits per heavy atom. The third kappa shape index (κ3) is 5.07. The van der Waals surface area contributed by atoms with Gasteiger partial charge in [-0.25, -0.2) is 9.59 Å². The summed E-state index contributed by atoms with van der Waals surface area (Å²) in [6, 6.07) is 10.9. The van der Waals surface area contributed by atoms with Crippen molar-refractivity contribution in [2.24, 2.45) is 0 Å². The zero-order valence-electron chi connectivity index (χ0n) is 16.5. The van der Waals surface area contributed by atoms with Crippen molar-refractivity contribution in [1.29, 1.82) is 0 Å². The van der Waals surface area contributed by atoms with Gasteiger partial charge in [-0.1, -0.05) is 23.4 Å². The van der Waals surface area contributed by atoms with E-state index in [1.54, 1.807) is 24.3 Å². The summed E-state index contributed by atoms with van der Waals surface area (Å²) in [6.45, 7) is 0. The first kappa shape index (κ1) is 22.4. The molecule has 0 fully saturated rings. The van der Waals surface area contributed by atoms with Gasteiger partial charge in [-0.3, -0.25) is 9.59 Å². The van der Waals surface area contributed by atoms with Gasteiger partial charge < -0.3 is 19.8 Å². The van der Waals surface area contributed by atoms with Crippen molar-refractivity contribution < 1.29 is 23.9 Å². The number of rotatable bonds is 6. The summed E-state index contributed by atoms with van der Waals surface area (Å²) in [4.78, 5) is 51.8. The summed E-state index contributed by atoms with van der Waals surface area (Å²) >= 11 is 6.95. The highest BCUT2D eigenvalue weighted by molar-refractivity contribution is 8.00. The van der Waals surface area contributed by atoms with Crippen LogP contribution in [0.5, 0.6) is 0 Å². The van der Waals surface area contributed by atoms with E-state index >= 15 is 0 Å². The highest BCUT2D eigenvalue weighted by Crippen LogP contribution is 2.24. The number of pyridine rings is 1. The Labute approximate surface area is 185 Å². The summed E-state index contributed by atoms with van der Waals surface area (Å²) in [5, 5.41) is 3.49. The van der Waals surface area contributed by atoms with Gasteiger partial charge in [0.1, 0.15) is 5.56 Å². The molecule has 2 aromatic carbocycles. The maximum Gasteiger partial charge on any atom is 0.344 e. The summed E-state index contributed by atoms with van der Waals surface area (Å²) in [5.41, 5.74) is 0.574. The maximum absolute atomic E-state index is 12.8. The fraction of sp³-hybridized carbons (Fsp3) is 0.143. The minimum absolute atomic E-state index is 0.0855. The molecule has 0 atom stereocenters. The Kier molecular flexibility index (Phi) is 6.98. The average molecular weight is 461 g/mol. The van der Waals surface area contributed by atoms with E-state index in [4.69, 9.17) is 16.3 Å². The third-order valence-electron chi connectivity index (χ3n) is 4.26. The van der Waals surface area contributed by atoms with Crippen LogP contribution in [-0.4, -0.2) is 42.8 Å². The lowest BCUT2D eigenvalue weighted by Gasteiger charge is -2.10. The predicted molar refractivity (Wildman–Crippen MR) is 118 cm³/mol. The van der Waals surface area contributed by atoms with Crippen molar-refractivity contribution in [2.75, 3.05) is 25.3 Å². The SMILES string of the molecule is COC(=O)c1ccc(NC(=O)CSc2[nH]c3ccc(Cl)cc3c(=O)c2C(=O)OC)cc1. The first-order valence-corrected chi connectivity index (χ1v) is 10.2. The van der Waals surface area contributed by atoms with Crippen LogP contribution in [-0.2, 0) is 14.3 Å². The number of methoxy groups -OCH3 is 2. The van der Waals surface area contributed by atoms with Crippen LogP contribution in [0.3, 0.4) is 0 Å². The van der Waals surface area contributed by atoms with Crippen LogP contribution in [0.4, 0.5) is 5.69 Å². The van der Waals surface area contributed by atoms with Gasteiger partial charge in [-0.05, 0) is 42.5 Å². The first-order valence-electron chi connectivity index (χ1n) is 8.89. The number of esters is 2. The van der Waals surface area contributed by atoms with Crippen LogP contribution in [0.25, 0.3) is 10.9 Å². The summed E-state index contributed by atoms with van der Waals surface area (Å²) in [7, 11) is 2.45. The van der Waals surface area contributed by atoms with Crippen LogP contribution in [0, 0.1) is 0 Å². The summed E-state index contributed by atoms with van der Waals surface area (Å²) in [5.74, 6) is -1.75. The molecule has 31 heavy (non-hydrogen) atoms. The zero-order valence-corrected chi connectivity index (χ0v) is 18.1. The lowest BCUT2D eigenvalue weighted by atomic mass is 10.1. The van der Waals surface area contributed by atoms with E-state index < -0.39 is 17.4 Å². The maximum atomic E-state index is 12.8. The van der Waals surface area contributed by atoms with Crippen molar-refractivity contribution in [2.45, 2.75) is 5.03 Å². The van der Waals surface area contributed by atoms with Gasteiger partial charge in [0.25, 0.3) is 0 Å². The molecule has 0 aliphatic heterocycles. The van der Waals surface area contributed by atoms with Gasteiger partial charge in [-0.15, -0.1) is 0 Å². The van der Waals surface area contributed by atoms with E-state index in [0.29, 0.717) is 21.8 Å². The number of carbonyl (C=O) groups excluding carboxylic acids is 3. The second kappa shape index (κ2) is 9.67. The number of hydrogen-bond acceptors (Lipinski definition) is 7. The molecular formula is C21H17ClN2O6S. The molecule has 1 aromatic heterocycles. The quantitative estimate of drug-likeness (QED) is 0.427. The summed E-state index contributed by atoms with van der Waals surface area (Å²) < 4.78 is 9.36. The highest BCUT2D eigenvalue weighted by atomic mass is 35.5. The fourth-order valence-corrected chi connectivity index (χ4v) is 3.80. The number of aromatic amines is 1. The fourth-order valence-electron chi connectivity index (χ4n) is 2.77. The van der Waals surface area contributed by atoms with Gasteiger partial charge in [0.15, 0.2) is 0 Å². The van der Waals surface area contributed by atoms with Crippen molar-refractivity contribution in [1.82, 2.24) is 4.98 Å². The van der Waals surface area contributed by atoms with E-state index in [1.807, 2.05) is 0 Å². The van der Waals surface area contributed by atoms with Gasteiger partial charge in [0.2, 0.25) is 11.3 Å². The normalized spacial score (nSPS) is 10.5. The number of thioether (sulfide) groups is 1. The van der Waals surface area contributed by atoms with Crippen LogP contribution in [0.15, 0.2) is 52.3 Å². The van der Waals surface area contributed by atoms with Crippen molar-refractivity contribution in [3.63, 3.8) is 0 Å². The Hall–Kier alpha value is -3.30. The molecule has 1 amide bonds. The Balaban J connectivity index is 1.80. The molecule has 2 N–H and O–H groups in total. The molecule has 0 saturated heterocycles. The minimum atomic E-state index is -0.815. The van der Waals surface area contributed by atoms with E-state index in [1.165, 1.54) is 32.4 Å². The molecule has 0 bridgehead atoms. The van der Waals surface area contributed by atoms with Crippen molar-refractivity contribution >= 4 is 57.8 Å². The molecule has 3 aromatic rings. The molecule has 0 unspecified atom stereocenters. The smallest absolute Gasteiger partial charge is 0.344 e. The van der Waals surface area contributed by atoms with E-state index in [2.05, 4.69) is 15.0 Å². The lowest BCUT2D eigenvalue weighted by Crippen LogP contribution is -2.20. The number of anilines is 1. The predicted octanol–water partition coefficient (Wildman–Crippen LogP) is 3.49. The number of fused-ring (bicyclic) bond motifs is 1. The van der Waals surface area contributed by atoms with E-state index in [9.17, 15) is 19.2 Å². The van der Waals surface area contributed by atoms with Crippen LogP contribution in [0.2, 0.25) is 5.02 Å². The van der Waals surface area contributed by atoms with Crippen molar-refractivity contribution in [3.05, 3.63) is 68.8 Å². The molecule has 3 rings (SSSR count). The second-order valence-corrected chi connectivity index (χ2v) is 7.67. The number of halogens is 1. The molecule has 0 spiro atoms. The Morgan fingerprint density at radius 3 is 2.35 bits per heavy atom. The number of carbonyl (C=O) groups is 3. The molecule has 0 saturated carbocycles. The molecule has 160 valence electrons. The molecule has 0 radical (unpaired) electrons. The number of hydrogen-bond donors (Lipinski definition) is 2. The highest BCUT2D eigenvalue weighted by Gasteiger charge is 2.21. The molecule has 0 aliphatic rings. The second-order valence-electron chi connectivity index (χ2n) is 6.25. The third-order valence-corrected chi connectivity index (χ3v) is 5.49. The number of ether oxygens (including phenoxy) is 2. The monoisotopic (exact) mass is 460 g/mol. The van der Waals surface area contributed by atoms with Crippen LogP contribution >= 0.6 is 23.4 Å². The van der Waals surface area contributed by atoms with Crippen molar-refractivity contribution in [3.8, 4) is 0 Å². The first-order chi connectivity index (χ1) is 14.8. The average Bonchev–Trinajstić information content (AvgIpc) is 2.77. The number of nitrogens with one attached hydrogen (secondary N) is 2. The number of benzene rings is 2. The molecular weight excluding hydrogens is 444 g/mol. The number of amides is 1. The van der Waals surface area contributed by atoms with E-state index in [-0.39, 0.29) is 27.6 Å². The van der Waals surface area contributed by atoms with Gasteiger partial charge >= 0.3 is 11.9 Å². The standard InChI is InChI=1S/C21H17ClN2O6S/c1-29-20(27)11-3-6-13(7-4-11)23-16(25)10-31-19-17(21(28)30-2)18(26)14-9-12(22)5-8-15(14)24-19/h3-9H,10H2,1-2H3,(H,23,25)(H,24,26). The number of H-pyrrole nitrogens is 1. The van der Waals surface area contributed by atoms with Crippen LogP contribution in [0.1, 0.15) is 20.7 Å². The topological polar surface area (TPSA) is 115 Å². The lowest BCUT2D eigenvalue weighted by molar-refractivity contribution is -0.113. The molecule has 1 heterocycles.